The largest absolute Gasteiger partial charge is 0.327 e. The molecule has 0 aromatic rings. The normalized spacial score (nSPS) is 52.9. The highest BCUT2D eigenvalue weighted by Gasteiger charge is 2.67. The smallest absolute Gasteiger partial charge is 0.0132 e. The lowest BCUT2D eigenvalue weighted by atomic mass is 9.44. The highest BCUT2D eigenvalue weighted by Crippen LogP contribution is 2.70. The molecule has 0 spiro atoms. The van der Waals surface area contributed by atoms with E-state index in [2.05, 4.69) is 13.8 Å². The molecule has 0 radical (unpaired) electrons. The molecule has 2 bridgehead atoms. The van der Waals surface area contributed by atoms with Crippen LogP contribution in [0.2, 0.25) is 0 Å². The van der Waals surface area contributed by atoms with Gasteiger partial charge in [0.05, 0.1) is 0 Å². The average Bonchev–Trinajstić information content (AvgIpc) is 2.77. The van der Waals surface area contributed by atoms with Crippen LogP contribution >= 0.6 is 0 Å². The Kier molecular flexibility index (Phi) is 1.81. The Bertz CT molecular complexity index is 244. The van der Waals surface area contributed by atoms with Crippen molar-refractivity contribution in [1.29, 1.82) is 0 Å². The Morgan fingerprint density at radius 1 is 1.14 bits per heavy atom. The van der Waals surface area contributed by atoms with E-state index in [0.29, 0.717) is 11.5 Å². The van der Waals surface area contributed by atoms with Crippen molar-refractivity contribution >= 4 is 0 Å². The zero-order chi connectivity index (χ0) is 9.92. The van der Waals surface area contributed by atoms with Crippen molar-refractivity contribution in [1.82, 2.24) is 0 Å². The monoisotopic (exact) mass is 193 g/mol. The van der Waals surface area contributed by atoms with Gasteiger partial charge in [0.25, 0.3) is 0 Å². The van der Waals surface area contributed by atoms with Gasteiger partial charge < -0.3 is 5.73 Å². The van der Waals surface area contributed by atoms with E-state index >= 15 is 0 Å². The molecule has 2 N–H and O–H groups in total. The Hall–Kier alpha value is -0.0400. The molecule has 3 rings (SSSR count). The maximum Gasteiger partial charge on any atom is 0.0132 e. The van der Waals surface area contributed by atoms with Crippen LogP contribution in [-0.4, -0.2) is 6.04 Å². The minimum Gasteiger partial charge on any atom is -0.327 e. The quantitative estimate of drug-likeness (QED) is 0.717. The molecule has 1 nitrogen and oxygen atoms in total. The molecule has 0 aliphatic heterocycles. The standard InChI is InChI=1S/C13H23N/c1-3-13(4-2)11-9-6-5-8(7-9)10(11)12(13)14/h8-12H,3-7,14H2,1-2H3. The molecule has 0 aromatic heterocycles. The van der Waals surface area contributed by atoms with Crippen LogP contribution in [0.3, 0.4) is 0 Å². The lowest BCUT2D eigenvalue weighted by Crippen LogP contribution is -2.66. The van der Waals surface area contributed by atoms with E-state index in [1.54, 1.807) is 0 Å². The van der Waals surface area contributed by atoms with Crippen molar-refractivity contribution in [2.75, 3.05) is 0 Å². The van der Waals surface area contributed by atoms with E-state index in [1.807, 2.05) is 0 Å². The summed E-state index contributed by atoms with van der Waals surface area (Å²) in [6, 6.07) is 0.540. The van der Waals surface area contributed by atoms with Gasteiger partial charge in [-0.15, -0.1) is 0 Å². The summed E-state index contributed by atoms with van der Waals surface area (Å²) in [7, 11) is 0. The summed E-state index contributed by atoms with van der Waals surface area (Å²) >= 11 is 0. The molecule has 3 fully saturated rings. The summed E-state index contributed by atoms with van der Waals surface area (Å²) in [5.74, 6) is 4.02. The number of hydrogen-bond acceptors (Lipinski definition) is 1. The molecule has 3 aliphatic carbocycles. The molecule has 80 valence electrons. The van der Waals surface area contributed by atoms with E-state index in [9.17, 15) is 0 Å². The fourth-order valence-electron chi connectivity index (χ4n) is 5.39. The second-order valence-electron chi connectivity index (χ2n) is 5.90. The lowest BCUT2D eigenvalue weighted by Gasteiger charge is -2.62. The van der Waals surface area contributed by atoms with Crippen LogP contribution in [0, 0.1) is 29.1 Å². The molecular formula is C13H23N. The molecule has 0 saturated heterocycles. The predicted octanol–water partition coefficient (Wildman–Crippen LogP) is 2.80. The highest BCUT2D eigenvalue weighted by atomic mass is 14.9. The van der Waals surface area contributed by atoms with E-state index in [4.69, 9.17) is 5.73 Å². The molecule has 14 heavy (non-hydrogen) atoms. The van der Waals surface area contributed by atoms with Crippen LogP contribution < -0.4 is 5.73 Å². The molecule has 0 aromatic carbocycles. The lowest BCUT2D eigenvalue weighted by molar-refractivity contribution is -0.109. The minimum atomic E-state index is 0.540. The van der Waals surface area contributed by atoms with Crippen molar-refractivity contribution < 1.29 is 0 Å². The van der Waals surface area contributed by atoms with Crippen LogP contribution in [0.4, 0.5) is 0 Å². The Balaban J connectivity index is 1.91. The average molecular weight is 193 g/mol. The number of fused-ring (bicyclic) bond motifs is 5. The Morgan fingerprint density at radius 3 is 2.43 bits per heavy atom. The van der Waals surface area contributed by atoms with Gasteiger partial charge in [0.2, 0.25) is 0 Å². The van der Waals surface area contributed by atoms with E-state index in [0.717, 1.165) is 23.7 Å². The van der Waals surface area contributed by atoms with E-state index < -0.39 is 0 Å². The van der Waals surface area contributed by atoms with Gasteiger partial charge in [0.1, 0.15) is 0 Å². The third-order valence-electron chi connectivity index (χ3n) is 6.04. The van der Waals surface area contributed by atoms with E-state index in [-0.39, 0.29) is 0 Å². The van der Waals surface area contributed by atoms with Gasteiger partial charge in [-0.05, 0) is 61.2 Å². The topological polar surface area (TPSA) is 26.0 Å². The molecule has 3 aliphatic rings. The summed E-state index contributed by atoms with van der Waals surface area (Å²) in [6.07, 6.45) is 7.15. The number of rotatable bonds is 2. The third kappa shape index (κ3) is 0.778. The van der Waals surface area contributed by atoms with Gasteiger partial charge in [0.15, 0.2) is 0 Å². The summed E-state index contributed by atoms with van der Waals surface area (Å²) in [6.45, 7) is 4.71. The first kappa shape index (κ1) is 9.21. The first-order chi connectivity index (χ1) is 6.74. The van der Waals surface area contributed by atoms with Gasteiger partial charge in [0, 0.05) is 6.04 Å². The molecule has 5 unspecified atom stereocenters. The molecule has 5 atom stereocenters. The van der Waals surface area contributed by atoms with Crippen molar-refractivity contribution in [2.45, 2.75) is 52.0 Å². The van der Waals surface area contributed by atoms with Crippen molar-refractivity contribution in [2.24, 2.45) is 34.8 Å². The first-order valence-corrected chi connectivity index (χ1v) is 6.50. The molecule has 1 heteroatoms. The Morgan fingerprint density at radius 2 is 1.79 bits per heavy atom. The zero-order valence-corrected chi connectivity index (χ0v) is 9.50. The van der Waals surface area contributed by atoms with Gasteiger partial charge in [-0.3, -0.25) is 0 Å². The minimum absolute atomic E-state index is 0.540. The summed E-state index contributed by atoms with van der Waals surface area (Å²) < 4.78 is 0. The predicted molar refractivity (Wildman–Crippen MR) is 58.8 cm³/mol. The van der Waals surface area contributed by atoms with Crippen molar-refractivity contribution in [3.8, 4) is 0 Å². The molecule has 0 amide bonds. The number of nitrogens with two attached hydrogens (primary N) is 1. The molecular weight excluding hydrogens is 170 g/mol. The van der Waals surface area contributed by atoms with E-state index in [1.165, 1.54) is 32.1 Å². The second kappa shape index (κ2) is 2.75. The highest BCUT2D eigenvalue weighted by molar-refractivity contribution is 5.18. The second-order valence-corrected chi connectivity index (χ2v) is 5.90. The Labute approximate surface area is 87.4 Å². The maximum absolute atomic E-state index is 6.45. The van der Waals surface area contributed by atoms with Crippen LogP contribution in [0.25, 0.3) is 0 Å². The fraction of sp³-hybridized carbons (Fsp3) is 1.00. The van der Waals surface area contributed by atoms with Crippen LogP contribution in [-0.2, 0) is 0 Å². The SMILES string of the molecule is CCC1(CC)C(N)C2C3CCC(C3)C21. The molecule has 0 heterocycles. The zero-order valence-electron chi connectivity index (χ0n) is 9.50. The number of hydrogen-bond donors (Lipinski definition) is 1. The maximum atomic E-state index is 6.45. The van der Waals surface area contributed by atoms with Gasteiger partial charge in [-0.2, -0.15) is 0 Å². The summed E-state index contributed by atoms with van der Waals surface area (Å²) in [5, 5.41) is 0. The fourth-order valence-corrected chi connectivity index (χ4v) is 5.39. The van der Waals surface area contributed by atoms with Crippen LogP contribution in [0.1, 0.15) is 46.0 Å². The summed E-state index contributed by atoms with van der Waals surface area (Å²) in [4.78, 5) is 0. The van der Waals surface area contributed by atoms with Gasteiger partial charge in [-0.25, -0.2) is 0 Å². The van der Waals surface area contributed by atoms with Gasteiger partial charge in [-0.1, -0.05) is 13.8 Å². The third-order valence-corrected chi connectivity index (χ3v) is 6.04. The summed E-state index contributed by atoms with van der Waals surface area (Å²) in [5.41, 5.74) is 7.00. The van der Waals surface area contributed by atoms with Crippen LogP contribution in [0.5, 0.6) is 0 Å². The van der Waals surface area contributed by atoms with Crippen molar-refractivity contribution in [3.63, 3.8) is 0 Å². The van der Waals surface area contributed by atoms with Crippen molar-refractivity contribution in [3.05, 3.63) is 0 Å². The first-order valence-electron chi connectivity index (χ1n) is 6.50. The van der Waals surface area contributed by atoms with Crippen LogP contribution in [0.15, 0.2) is 0 Å². The van der Waals surface area contributed by atoms with Gasteiger partial charge >= 0.3 is 0 Å². The molecule has 3 saturated carbocycles.